The van der Waals surface area contributed by atoms with E-state index >= 15 is 0 Å². The summed E-state index contributed by atoms with van der Waals surface area (Å²) < 4.78 is 16.0. The van der Waals surface area contributed by atoms with Gasteiger partial charge in [0.2, 0.25) is 17.7 Å². The normalized spacial score (nSPS) is 23.2. The molecule has 0 bridgehead atoms. The molecular formula is C30H44N4O7. The summed E-state index contributed by atoms with van der Waals surface area (Å²) in [5, 5.41) is 8.51. The van der Waals surface area contributed by atoms with Crippen molar-refractivity contribution >= 4 is 23.5 Å². The van der Waals surface area contributed by atoms with E-state index in [-0.39, 0.29) is 24.7 Å². The van der Waals surface area contributed by atoms with Gasteiger partial charge in [-0.3, -0.25) is 24.1 Å². The predicted molar refractivity (Wildman–Crippen MR) is 151 cm³/mol. The molecule has 1 aromatic carbocycles. The Balaban J connectivity index is 1.43. The van der Waals surface area contributed by atoms with Crippen LogP contribution in [0.2, 0.25) is 0 Å². The van der Waals surface area contributed by atoms with Crippen LogP contribution in [0, 0.1) is 5.92 Å². The lowest BCUT2D eigenvalue weighted by Gasteiger charge is -2.27. The zero-order chi connectivity index (χ0) is 29.4. The van der Waals surface area contributed by atoms with E-state index < -0.39 is 35.5 Å². The average Bonchev–Trinajstić information content (AvgIpc) is 3.51. The molecule has 41 heavy (non-hydrogen) atoms. The summed E-state index contributed by atoms with van der Waals surface area (Å²) in [6.07, 6.45) is 5.07. The lowest BCUT2D eigenvalue weighted by molar-refractivity contribution is -0.134. The van der Waals surface area contributed by atoms with E-state index in [9.17, 15) is 19.2 Å². The number of ketones is 1. The molecule has 1 aromatic rings. The molecule has 2 heterocycles. The smallest absolute Gasteiger partial charge is 0.243 e. The number of benzene rings is 1. The second-order valence-corrected chi connectivity index (χ2v) is 11.6. The van der Waals surface area contributed by atoms with Gasteiger partial charge in [0.1, 0.15) is 23.4 Å². The lowest BCUT2D eigenvalue weighted by Crippen LogP contribution is -2.57. The van der Waals surface area contributed by atoms with Crippen molar-refractivity contribution in [1.29, 1.82) is 0 Å². The highest BCUT2D eigenvalue weighted by molar-refractivity contribution is 5.98. The number of nitrogens with zero attached hydrogens (tertiary/aromatic N) is 1. The van der Waals surface area contributed by atoms with Gasteiger partial charge in [0, 0.05) is 19.5 Å². The molecule has 11 nitrogen and oxygen atoms in total. The third-order valence-electron chi connectivity index (χ3n) is 8.25. The molecule has 0 radical (unpaired) electrons. The van der Waals surface area contributed by atoms with E-state index in [1.165, 1.54) is 0 Å². The molecular weight excluding hydrogens is 528 g/mol. The number of hydrogen-bond acceptors (Lipinski definition) is 8. The SMILES string of the molecule is COc1ccc(C[C@H](NC(=O)[C@H](C)NC(=O)CN2CCOCC2)C(=O)N[C@@H](CC2CCCC2)C(=O)[C@@]2(C)CO2)cc1. The lowest BCUT2D eigenvalue weighted by atomic mass is 9.90. The molecule has 2 saturated heterocycles. The van der Waals surface area contributed by atoms with Gasteiger partial charge in [-0.2, -0.15) is 0 Å². The summed E-state index contributed by atoms with van der Waals surface area (Å²) in [4.78, 5) is 54.8. The first kappa shape index (κ1) is 30.9. The zero-order valence-electron chi connectivity index (χ0n) is 24.4. The van der Waals surface area contributed by atoms with E-state index in [2.05, 4.69) is 16.0 Å². The standard InChI is InChI=1S/C30H44N4O7/c1-20(31-26(35)18-34-12-14-40-15-13-34)28(37)33-25(17-22-8-10-23(39-3)11-9-22)29(38)32-24(16-21-6-4-5-7-21)27(36)30(2)19-41-30/h8-11,20-21,24-25H,4-7,12-19H2,1-3H3,(H,31,35)(H,32,38)(H,33,37)/t20-,24-,25-,30+/m0/s1. The van der Waals surface area contributed by atoms with Crippen LogP contribution in [0.5, 0.6) is 5.75 Å². The maximum Gasteiger partial charge on any atom is 0.243 e. The Kier molecular flexibility index (Phi) is 10.7. The van der Waals surface area contributed by atoms with Crippen molar-refractivity contribution in [2.24, 2.45) is 5.92 Å². The number of Topliss-reactive ketones (excluding diaryl/α,β-unsaturated/α-hetero) is 1. The molecule has 0 unspecified atom stereocenters. The first-order chi connectivity index (χ1) is 19.7. The van der Waals surface area contributed by atoms with Crippen molar-refractivity contribution in [2.45, 2.75) is 76.1 Å². The van der Waals surface area contributed by atoms with Gasteiger partial charge in [0.15, 0.2) is 5.78 Å². The topological polar surface area (TPSA) is 139 Å². The van der Waals surface area contributed by atoms with E-state index in [1.54, 1.807) is 33.1 Å². The number of ether oxygens (including phenoxy) is 3. The first-order valence-corrected chi connectivity index (χ1v) is 14.7. The van der Waals surface area contributed by atoms with Crippen LogP contribution in [-0.2, 0) is 35.1 Å². The summed E-state index contributed by atoms with van der Waals surface area (Å²) in [5.41, 5.74) is -0.0590. The van der Waals surface area contributed by atoms with Crippen LogP contribution in [0.15, 0.2) is 24.3 Å². The van der Waals surface area contributed by atoms with Crippen molar-refractivity contribution in [3.05, 3.63) is 29.8 Å². The average molecular weight is 573 g/mol. The minimum atomic E-state index is -0.957. The van der Waals surface area contributed by atoms with Crippen molar-refractivity contribution in [3.63, 3.8) is 0 Å². The van der Waals surface area contributed by atoms with Crippen LogP contribution < -0.4 is 20.7 Å². The molecule has 3 fully saturated rings. The third kappa shape index (κ3) is 8.98. The van der Waals surface area contributed by atoms with Gasteiger partial charge in [-0.25, -0.2) is 0 Å². The number of rotatable bonds is 14. The van der Waals surface area contributed by atoms with Crippen molar-refractivity contribution in [2.75, 3.05) is 46.6 Å². The summed E-state index contributed by atoms with van der Waals surface area (Å²) in [6.45, 7) is 6.31. The quantitative estimate of drug-likeness (QED) is 0.281. The maximum atomic E-state index is 13.7. The molecule has 226 valence electrons. The minimum Gasteiger partial charge on any atom is -0.497 e. The number of epoxide rings is 1. The molecule has 0 spiro atoms. The Hall–Kier alpha value is -3.02. The zero-order valence-corrected chi connectivity index (χ0v) is 24.4. The van der Waals surface area contributed by atoms with E-state index in [0.717, 1.165) is 31.2 Å². The van der Waals surface area contributed by atoms with Crippen LogP contribution in [0.3, 0.4) is 0 Å². The number of carbonyl (C=O) groups excluding carboxylic acids is 4. The number of methoxy groups -OCH3 is 1. The molecule has 4 atom stereocenters. The van der Waals surface area contributed by atoms with Crippen LogP contribution in [0.1, 0.15) is 51.5 Å². The van der Waals surface area contributed by atoms with Gasteiger partial charge in [-0.05, 0) is 43.9 Å². The van der Waals surface area contributed by atoms with Gasteiger partial charge in [-0.1, -0.05) is 37.8 Å². The monoisotopic (exact) mass is 572 g/mol. The minimum absolute atomic E-state index is 0.129. The van der Waals surface area contributed by atoms with Crippen LogP contribution >= 0.6 is 0 Å². The molecule has 4 rings (SSSR count). The van der Waals surface area contributed by atoms with Gasteiger partial charge in [-0.15, -0.1) is 0 Å². The number of amides is 3. The van der Waals surface area contributed by atoms with Crippen LogP contribution in [0.4, 0.5) is 0 Å². The second-order valence-electron chi connectivity index (χ2n) is 11.6. The summed E-state index contributed by atoms with van der Waals surface area (Å²) in [7, 11) is 1.58. The van der Waals surface area contributed by atoms with Gasteiger partial charge in [0.05, 0.1) is 39.5 Å². The fourth-order valence-electron chi connectivity index (χ4n) is 5.52. The fraction of sp³-hybridized carbons (Fsp3) is 0.667. The van der Waals surface area contributed by atoms with E-state index in [0.29, 0.717) is 51.0 Å². The van der Waals surface area contributed by atoms with E-state index in [4.69, 9.17) is 14.2 Å². The summed E-state index contributed by atoms with van der Waals surface area (Å²) in [6, 6.07) is 4.74. The number of nitrogens with one attached hydrogen (secondary N) is 3. The Bertz CT molecular complexity index is 1060. The largest absolute Gasteiger partial charge is 0.497 e. The predicted octanol–water partition coefficient (Wildman–Crippen LogP) is 0.983. The molecule has 3 aliphatic rings. The molecule has 1 saturated carbocycles. The summed E-state index contributed by atoms with van der Waals surface area (Å²) >= 11 is 0. The molecule has 1 aliphatic carbocycles. The molecule has 11 heteroatoms. The van der Waals surface area contributed by atoms with Gasteiger partial charge >= 0.3 is 0 Å². The van der Waals surface area contributed by atoms with Crippen molar-refractivity contribution in [3.8, 4) is 5.75 Å². The Morgan fingerprint density at radius 2 is 1.63 bits per heavy atom. The molecule has 2 aliphatic heterocycles. The first-order valence-electron chi connectivity index (χ1n) is 14.7. The fourth-order valence-corrected chi connectivity index (χ4v) is 5.52. The summed E-state index contributed by atoms with van der Waals surface area (Å²) in [5.74, 6) is -0.286. The Morgan fingerprint density at radius 3 is 2.24 bits per heavy atom. The Morgan fingerprint density at radius 1 is 1.00 bits per heavy atom. The van der Waals surface area contributed by atoms with E-state index in [1.807, 2.05) is 17.0 Å². The van der Waals surface area contributed by atoms with Crippen LogP contribution in [0.25, 0.3) is 0 Å². The van der Waals surface area contributed by atoms with Gasteiger partial charge in [0.25, 0.3) is 0 Å². The highest BCUT2D eigenvalue weighted by Gasteiger charge is 2.50. The number of carbonyl (C=O) groups is 4. The maximum absolute atomic E-state index is 13.7. The molecule has 3 N–H and O–H groups in total. The number of morpholine rings is 1. The van der Waals surface area contributed by atoms with Crippen molar-refractivity contribution < 1.29 is 33.4 Å². The Labute approximate surface area is 242 Å². The molecule has 0 aromatic heterocycles. The number of hydrogen-bond donors (Lipinski definition) is 3. The van der Waals surface area contributed by atoms with Crippen molar-refractivity contribution in [1.82, 2.24) is 20.9 Å². The second kappa shape index (κ2) is 14.2. The molecule has 3 amide bonds. The highest BCUT2D eigenvalue weighted by Crippen LogP contribution is 2.33. The van der Waals surface area contributed by atoms with Crippen LogP contribution in [-0.4, -0.2) is 98.7 Å². The highest BCUT2D eigenvalue weighted by atomic mass is 16.6. The van der Waals surface area contributed by atoms with Gasteiger partial charge < -0.3 is 30.2 Å². The third-order valence-corrected chi connectivity index (χ3v) is 8.25.